The number of hydrogen-bond acceptors (Lipinski definition) is 0. The lowest BCUT2D eigenvalue weighted by molar-refractivity contribution is 0.852. The van der Waals surface area contributed by atoms with Gasteiger partial charge in [0.05, 0.1) is 0 Å². The van der Waals surface area contributed by atoms with E-state index in [2.05, 4.69) is 30.7 Å². The van der Waals surface area contributed by atoms with Gasteiger partial charge in [0.2, 0.25) is 0 Å². The van der Waals surface area contributed by atoms with Crippen LogP contribution in [0.3, 0.4) is 0 Å². The van der Waals surface area contributed by atoms with E-state index in [1.54, 1.807) is 0 Å². The molecule has 0 aliphatic heterocycles. The smallest absolute Gasteiger partial charge is 0.0167 e. The Bertz CT molecular complexity index is 92.0. The Morgan fingerprint density at radius 1 is 0.700 bits per heavy atom. The lowest BCUT2D eigenvalue weighted by atomic mass is 10.1. The molecule has 0 heteroatoms. The molecule has 0 aromatic carbocycles. The zero-order valence-electron chi connectivity index (χ0n) is 6.42. The van der Waals surface area contributed by atoms with Gasteiger partial charge < -0.3 is 0 Å². The predicted molar refractivity (Wildman–Crippen MR) is 45.7 cm³/mol. The summed E-state index contributed by atoms with van der Waals surface area (Å²) in [7, 11) is 0. The van der Waals surface area contributed by atoms with Crippen LogP contribution in [-0.2, 0) is 0 Å². The van der Waals surface area contributed by atoms with Gasteiger partial charge in [0.25, 0.3) is 0 Å². The van der Waals surface area contributed by atoms with Crippen LogP contribution < -0.4 is 0 Å². The van der Waals surface area contributed by atoms with Gasteiger partial charge in [0.15, 0.2) is 0 Å². The molecule has 0 aromatic heterocycles. The molecule has 1 rings (SSSR count). The predicted octanol–water partition coefficient (Wildman–Crippen LogP) is 3.27. The molecule has 0 fully saturated rings. The summed E-state index contributed by atoms with van der Waals surface area (Å²) in [5.74, 6) is 0. The van der Waals surface area contributed by atoms with Gasteiger partial charge in [0, 0.05) is 0 Å². The summed E-state index contributed by atoms with van der Waals surface area (Å²) in [6, 6.07) is 0. The van der Waals surface area contributed by atoms with Crippen LogP contribution in [0.2, 0.25) is 0 Å². The number of hydrogen-bond donors (Lipinski definition) is 0. The van der Waals surface area contributed by atoms with Gasteiger partial charge in [-0.05, 0) is 38.5 Å². The number of rotatable bonds is 0. The van der Waals surface area contributed by atoms with Crippen LogP contribution in [0.15, 0.2) is 24.3 Å². The van der Waals surface area contributed by atoms with Gasteiger partial charge in [-0.1, -0.05) is 24.3 Å². The summed E-state index contributed by atoms with van der Waals surface area (Å²) in [5, 5.41) is 0. The third-order valence-corrected chi connectivity index (χ3v) is 1.68. The second-order valence-electron chi connectivity index (χ2n) is 2.64. The molecular formula is C10H15. The Morgan fingerprint density at radius 2 is 1.50 bits per heavy atom. The number of allylic oxidation sites excluding steroid dienone is 4. The normalized spacial score (nSPS) is 27.2. The second-order valence-corrected chi connectivity index (χ2v) is 2.64. The van der Waals surface area contributed by atoms with Crippen molar-refractivity contribution < 1.29 is 0 Å². The first kappa shape index (κ1) is 7.59. The van der Waals surface area contributed by atoms with Gasteiger partial charge in [-0.15, -0.1) is 0 Å². The zero-order chi connectivity index (χ0) is 7.07. The molecule has 0 amide bonds. The molecule has 0 N–H and O–H groups in total. The summed E-state index contributed by atoms with van der Waals surface area (Å²) in [6.07, 6.45) is 17.5. The maximum absolute atomic E-state index is 2.30. The van der Waals surface area contributed by atoms with Gasteiger partial charge in [-0.2, -0.15) is 0 Å². The summed E-state index contributed by atoms with van der Waals surface area (Å²) in [5.41, 5.74) is 0. The van der Waals surface area contributed by atoms with Crippen LogP contribution in [-0.4, -0.2) is 0 Å². The molecule has 1 radical (unpaired) electrons. The van der Waals surface area contributed by atoms with Crippen LogP contribution in [0.4, 0.5) is 0 Å². The van der Waals surface area contributed by atoms with Crippen LogP contribution in [0.5, 0.6) is 0 Å². The van der Waals surface area contributed by atoms with Crippen LogP contribution >= 0.6 is 0 Å². The van der Waals surface area contributed by atoms with Crippen molar-refractivity contribution in [1.82, 2.24) is 0 Å². The maximum Gasteiger partial charge on any atom is -0.0167 e. The van der Waals surface area contributed by atoms with E-state index in [-0.39, 0.29) is 0 Å². The van der Waals surface area contributed by atoms with Crippen molar-refractivity contribution in [1.29, 1.82) is 0 Å². The minimum atomic E-state index is 1.20. The van der Waals surface area contributed by atoms with Gasteiger partial charge in [0.1, 0.15) is 0 Å². The molecule has 0 unspecified atom stereocenters. The molecule has 10 heavy (non-hydrogen) atoms. The molecule has 1 aliphatic carbocycles. The van der Waals surface area contributed by atoms with Crippen molar-refractivity contribution in [2.24, 2.45) is 0 Å². The Morgan fingerprint density at radius 3 is 2.50 bits per heavy atom. The minimum Gasteiger partial charge on any atom is -0.0885 e. The van der Waals surface area contributed by atoms with E-state index >= 15 is 0 Å². The minimum absolute atomic E-state index is 1.20. The molecule has 0 nitrogen and oxygen atoms in total. The zero-order valence-corrected chi connectivity index (χ0v) is 6.42. The summed E-state index contributed by atoms with van der Waals surface area (Å²) >= 11 is 0. The Labute approximate surface area is 63.6 Å². The molecule has 0 saturated heterocycles. The van der Waals surface area contributed by atoms with Crippen molar-refractivity contribution in [2.45, 2.75) is 32.1 Å². The van der Waals surface area contributed by atoms with E-state index < -0.39 is 0 Å². The second kappa shape index (κ2) is 5.28. The summed E-state index contributed by atoms with van der Waals surface area (Å²) < 4.78 is 0. The first-order chi connectivity index (χ1) is 5.00. The van der Waals surface area contributed by atoms with E-state index in [0.29, 0.717) is 0 Å². The average Bonchev–Trinajstić information content (AvgIpc) is 2.01. The standard InChI is InChI=1S/C10H15/c1-2-4-6-8-10-9-7-5-3-1/h1-3,8,10H,4-7,9H2/b3-1-,10-8-. The monoisotopic (exact) mass is 135 g/mol. The van der Waals surface area contributed by atoms with Crippen molar-refractivity contribution in [3.63, 3.8) is 0 Å². The van der Waals surface area contributed by atoms with Crippen molar-refractivity contribution >= 4 is 0 Å². The van der Waals surface area contributed by atoms with Crippen LogP contribution in [0.1, 0.15) is 32.1 Å². The first-order valence-corrected chi connectivity index (χ1v) is 4.13. The summed E-state index contributed by atoms with van der Waals surface area (Å²) in [6.45, 7) is 0. The summed E-state index contributed by atoms with van der Waals surface area (Å²) in [4.78, 5) is 0. The van der Waals surface area contributed by atoms with Crippen LogP contribution in [0, 0.1) is 6.42 Å². The molecule has 0 heterocycles. The van der Waals surface area contributed by atoms with E-state index in [9.17, 15) is 0 Å². The van der Waals surface area contributed by atoms with Crippen molar-refractivity contribution in [3.05, 3.63) is 30.7 Å². The highest BCUT2D eigenvalue weighted by molar-refractivity contribution is 4.97. The quantitative estimate of drug-likeness (QED) is 0.447. The van der Waals surface area contributed by atoms with E-state index in [0.717, 1.165) is 0 Å². The van der Waals surface area contributed by atoms with Gasteiger partial charge in [-0.3, -0.25) is 0 Å². The highest BCUT2D eigenvalue weighted by Crippen LogP contribution is 2.04. The SMILES string of the molecule is [CH]1/C=C\CCC/C=C\CC1. The molecular weight excluding hydrogens is 120 g/mol. The Hall–Kier alpha value is -0.520. The largest absolute Gasteiger partial charge is 0.0885 e. The molecule has 0 atom stereocenters. The highest BCUT2D eigenvalue weighted by Gasteiger charge is 1.85. The fraction of sp³-hybridized carbons (Fsp3) is 0.500. The molecule has 0 saturated carbocycles. The Kier molecular flexibility index (Phi) is 4.00. The van der Waals surface area contributed by atoms with Crippen LogP contribution in [0.25, 0.3) is 0 Å². The maximum atomic E-state index is 2.30. The molecule has 55 valence electrons. The Balaban J connectivity index is 2.22. The molecule has 0 aromatic rings. The van der Waals surface area contributed by atoms with Crippen molar-refractivity contribution in [2.75, 3.05) is 0 Å². The highest BCUT2D eigenvalue weighted by atomic mass is 13.9. The fourth-order valence-electron chi connectivity index (χ4n) is 1.07. The topological polar surface area (TPSA) is 0 Å². The van der Waals surface area contributed by atoms with Crippen molar-refractivity contribution in [3.8, 4) is 0 Å². The fourth-order valence-corrected chi connectivity index (χ4v) is 1.07. The van der Waals surface area contributed by atoms with E-state index in [4.69, 9.17) is 0 Å². The molecule has 0 spiro atoms. The van der Waals surface area contributed by atoms with E-state index in [1.165, 1.54) is 32.1 Å². The lowest BCUT2D eigenvalue weighted by Crippen LogP contribution is -1.75. The first-order valence-electron chi connectivity index (χ1n) is 4.13. The molecule has 1 aliphatic rings. The average molecular weight is 135 g/mol. The van der Waals surface area contributed by atoms with Gasteiger partial charge >= 0.3 is 0 Å². The molecule has 0 bridgehead atoms. The van der Waals surface area contributed by atoms with E-state index in [1.807, 2.05) is 0 Å². The third kappa shape index (κ3) is 3.49. The van der Waals surface area contributed by atoms with Gasteiger partial charge in [-0.25, -0.2) is 0 Å². The lowest BCUT2D eigenvalue weighted by Gasteiger charge is -1.95. The third-order valence-electron chi connectivity index (χ3n) is 1.68.